The molecule has 1 aromatic rings. The third-order valence-corrected chi connectivity index (χ3v) is 4.28. The van der Waals surface area contributed by atoms with E-state index in [4.69, 9.17) is 4.74 Å². The standard InChI is InChI=1S/C17H26N4O/c1-13-4-3-5-15(10-13)16(21-6-8-22-9-7-21)12-19-17-18-11-14(2)20-17/h3-5,10,14,16H,6-9,11-12H2,1-2H3,(H2,18,19,20). The molecule has 0 spiro atoms. The van der Waals surface area contributed by atoms with Gasteiger partial charge in [-0.3, -0.25) is 9.89 Å². The number of benzene rings is 1. The lowest BCUT2D eigenvalue weighted by Crippen LogP contribution is -2.46. The van der Waals surface area contributed by atoms with E-state index in [1.807, 2.05) is 0 Å². The van der Waals surface area contributed by atoms with Crippen molar-refractivity contribution in [2.45, 2.75) is 25.9 Å². The molecule has 2 N–H and O–H groups in total. The molecule has 2 aliphatic rings. The SMILES string of the molecule is Cc1cccc(C(CNC2=NCC(C)N2)N2CCOCC2)c1. The van der Waals surface area contributed by atoms with Crippen LogP contribution in [0.2, 0.25) is 0 Å². The number of guanidine groups is 1. The number of aryl methyl sites for hydroxylation is 1. The first-order valence-electron chi connectivity index (χ1n) is 8.15. The summed E-state index contributed by atoms with van der Waals surface area (Å²) in [5, 5.41) is 6.85. The summed E-state index contributed by atoms with van der Waals surface area (Å²) < 4.78 is 5.50. The van der Waals surface area contributed by atoms with Crippen molar-refractivity contribution >= 4 is 5.96 Å². The molecule has 2 heterocycles. The van der Waals surface area contributed by atoms with E-state index in [1.54, 1.807) is 0 Å². The number of nitrogens with one attached hydrogen (secondary N) is 2. The third kappa shape index (κ3) is 3.78. The van der Waals surface area contributed by atoms with Gasteiger partial charge in [-0.05, 0) is 19.4 Å². The lowest BCUT2D eigenvalue weighted by Gasteiger charge is -2.35. The first-order chi connectivity index (χ1) is 10.7. The van der Waals surface area contributed by atoms with Gasteiger partial charge < -0.3 is 15.4 Å². The maximum atomic E-state index is 5.50. The molecular formula is C17H26N4O. The summed E-state index contributed by atoms with van der Waals surface area (Å²) in [4.78, 5) is 7.00. The number of hydrogen-bond acceptors (Lipinski definition) is 5. The van der Waals surface area contributed by atoms with E-state index in [9.17, 15) is 0 Å². The molecule has 5 heteroatoms. The second-order valence-electron chi connectivity index (χ2n) is 6.19. The highest BCUT2D eigenvalue weighted by molar-refractivity contribution is 5.81. The molecule has 0 bridgehead atoms. The van der Waals surface area contributed by atoms with Crippen LogP contribution in [0, 0.1) is 6.92 Å². The van der Waals surface area contributed by atoms with E-state index in [-0.39, 0.29) is 0 Å². The Morgan fingerprint density at radius 1 is 1.41 bits per heavy atom. The van der Waals surface area contributed by atoms with E-state index >= 15 is 0 Å². The van der Waals surface area contributed by atoms with Crippen molar-refractivity contribution in [1.82, 2.24) is 15.5 Å². The zero-order valence-corrected chi connectivity index (χ0v) is 13.5. The average molecular weight is 302 g/mol. The molecule has 2 atom stereocenters. The van der Waals surface area contributed by atoms with Crippen LogP contribution in [0.5, 0.6) is 0 Å². The molecule has 2 unspecified atom stereocenters. The van der Waals surface area contributed by atoms with Crippen LogP contribution in [0.3, 0.4) is 0 Å². The van der Waals surface area contributed by atoms with Crippen LogP contribution >= 0.6 is 0 Å². The number of morpholine rings is 1. The van der Waals surface area contributed by atoms with Crippen molar-refractivity contribution in [1.29, 1.82) is 0 Å². The summed E-state index contributed by atoms with van der Waals surface area (Å²) in [7, 11) is 0. The molecular weight excluding hydrogens is 276 g/mol. The van der Waals surface area contributed by atoms with Crippen molar-refractivity contribution < 1.29 is 4.74 Å². The Kier molecular flexibility index (Phi) is 4.95. The molecule has 0 amide bonds. The Morgan fingerprint density at radius 2 is 2.23 bits per heavy atom. The van der Waals surface area contributed by atoms with E-state index in [0.717, 1.165) is 45.4 Å². The highest BCUT2D eigenvalue weighted by Crippen LogP contribution is 2.22. The normalized spacial score (nSPS) is 23.7. The first-order valence-corrected chi connectivity index (χ1v) is 8.15. The van der Waals surface area contributed by atoms with E-state index in [1.165, 1.54) is 11.1 Å². The zero-order chi connectivity index (χ0) is 15.4. The smallest absolute Gasteiger partial charge is 0.191 e. The lowest BCUT2D eigenvalue weighted by molar-refractivity contribution is 0.0170. The van der Waals surface area contributed by atoms with Gasteiger partial charge in [0.05, 0.1) is 25.8 Å². The quantitative estimate of drug-likeness (QED) is 0.880. The Balaban J connectivity index is 1.70. The van der Waals surface area contributed by atoms with Gasteiger partial charge >= 0.3 is 0 Å². The summed E-state index contributed by atoms with van der Waals surface area (Å²) in [5.41, 5.74) is 2.67. The number of rotatable bonds is 4. The van der Waals surface area contributed by atoms with Crippen LogP contribution < -0.4 is 10.6 Å². The number of hydrogen-bond donors (Lipinski definition) is 2. The second kappa shape index (κ2) is 7.11. The fourth-order valence-electron chi connectivity index (χ4n) is 3.08. The van der Waals surface area contributed by atoms with E-state index < -0.39 is 0 Å². The predicted molar refractivity (Wildman–Crippen MR) is 89.2 cm³/mol. The average Bonchev–Trinajstić information content (AvgIpc) is 2.94. The molecule has 0 saturated carbocycles. The first kappa shape index (κ1) is 15.3. The van der Waals surface area contributed by atoms with Gasteiger partial charge in [0, 0.05) is 25.7 Å². The minimum absolute atomic E-state index is 0.351. The van der Waals surface area contributed by atoms with Crippen LogP contribution in [0.4, 0.5) is 0 Å². The van der Waals surface area contributed by atoms with Crippen LogP contribution in [0.1, 0.15) is 24.1 Å². The van der Waals surface area contributed by atoms with Crippen molar-refractivity contribution in [2.24, 2.45) is 4.99 Å². The summed E-state index contributed by atoms with van der Waals surface area (Å²) >= 11 is 0. The summed E-state index contributed by atoms with van der Waals surface area (Å²) in [6.45, 7) is 9.62. The molecule has 3 rings (SSSR count). The molecule has 0 radical (unpaired) electrons. The summed E-state index contributed by atoms with van der Waals surface area (Å²) in [5.74, 6) is 0.929. The van der Waals surface area contributed by atoms with Gasteiger partial charge in [-0.25, -0.2) is 0 Å². The number of nitrogens with zero attached hydrogens (tertiary/aromatic N) is 2. The third-order valence-electron chi connectivity index (χ3n) is 4.28. The molecule has 0 aliphatic carbocycles. The predicted octanol–water partition coefficient (Wildman–Crippen LogP) is 1.31. The van der Waals surface area contributed by atoms with Crippen LogP contribution in [0.25, 0.3) is 0 Å². The van der Waals surface area contributed by atoms with E-state index in [2.05, 4.69) is 58.6 Å². The maximum absolute atomic E-state index is 5.50. The Hall–Kier alpha value is -1.59. The largest absolute Gasteiger partial charge is 0.379 e. The van der Waals surface area contributed by atoms with Gasteiger partial charge in [-0.15, -0.1) is 0 Å². The fraction of sp³-hybridized carbons (Fsp3) is 0.588. The van der Waals surface area contributed by atoms with Gasteiger partial charge in [0.25, 0.3) is 0 Å². The van der Waals surface area contributed by atoms with Gasteiger partial charge in [0.15, 0.2) is 5.96 Å². The topological polar surface area (TPSA) is 48.9 Å². The van der Waals surface area contributed by atoms with Gasteiger partial charge in [0.2, 0.25) is 0 Å². The minimum Gasteiger partial charge on any atom is -0.379 e. The van der Waals surface area contributed by atoms with E-state index in [0.29, 0.717) is 12.1 Å². The Morgan fingerprint density at radius 3 is 2.91 bits per heavy atom. The molecule has 1 aromatic carbocycles. The van der Waals surface area contributed by atoms with Crippen LogP contribution in [0.15, 0.2) is 29.3 Å². The highest BCUT2D eigenvalue weighted by Gasteiger charge is 2.23. The van der Waals surface area contributed by atoms with Gasteiger partial charge in [0.1, 0.15) is 0 Å². The highest BCUT2D eigenvalue weighted by atomic mass is 16.5. The summed E-state index contributed by atoms with van der Waals surface area (Å²) in [6, 6.07) is 9.59. The van der Waals surface area contributed by atoms with Crippen molar-refractivity contribution in [2.75, 3.05) is 39.4 Å². The van der Waals surface area contributed by atoms with Crippen molar-refractivity contribution in [3.05, 3.63) is 35.4 Å². The minimum atomic E-state index is 0.351. The molecule has 0 aromatic heterocycles. The maximum Gasteiger partial charge on any atom is 0.191 e. The molecule has 1 saturated heterocycles. The molecule has 2 aliphatic heterocycles. The van der Waals surface area contributed by atoms with Crippen LogP contribution in [-0.4, -0.2) is 56.3 Å². The second-order valence-corrected chi connectivity index (χ2v) is 6.19. The Bertz CT molecular complexity index is 525. The molecule has 5 nitrogen and oxygen atoms in total. The number of aliphatic imine (C=N–C) groups is 1. The molecule has 1 fully saturated rings. The fourth-order valence-corrected chi connectivity index (χ4v) is 3.08. The molecule has 120 valence electrons. The van der Waals surface area contributed by atoms with Crippen molar-refractivity contribution in [3.8, 4) is 0 Å². The van der Waals surface area contributed by atoms with Gasteiger partial charge in [-0.2, -0.15) is 0 Å². The lowest BCUT2D eigenvalue weighted by atomic mass is 10.0. The number of ether oxygens (including phenoxy) is 1. The summed E-state index contributed by atoms with van der Waals surface area (Å²) in [6.07, 6.45) is 0. The van der Waals surface area contributed by atoms with Gasteiger partial charge in [-0.1, -0.05) is 29.8 Å². The Labute approximate surface area is 132 Å². The van der Waals surface area contributed by atoms with Crippen molar-refractivity contribution in [3.63, 3.8) is 0 Å². The molecule has 22 heavy (non-hydrogen) atoms. The van der Waals surface area contributed by atoms with Crippen LogP contribution in [-0.2, 0) is 4.74 Å². The zero-order valence-electron chi connectivity index (χ0n) is 13.5. The monoisotopic (exact) mass is 302 g/mol.